The lowest BCUT2D eigenvalue weighted by Crippen LogP contribution is -2.43. The van der Waals surface area contributed by atoms with E-state index in [1.54, 1.807) is 12.2 Å². The molecule has 15 heavy (non-hydrogen) atoms. The highest BCUT2D eigenvalue weighted by Gasteiger charge is 2.16. The number of nitrogens with zero attached hydrogens (tertiary/aromatic N) is 3. The zero-order chi connectivity index (χ0) is 11.3. The monoisotopic (exact) mass is 203 g/mol. The first-order valence-corrected chi connectivity index (χ1v) is 5.05. The fraction of sp³-hybridized carbons (Fsp3) is 0.417. The van der Waals surface area contributed by atoms with E-state index in [4.69, 9.17) is 5.26 Å². The number of likely N-dealkylation sites (N-methyl/N-ethyl adjacent to an activating group) is 1. The minimum atomic E-state index is 0.606. The first kappa shape index (κ1) is 11.5. The molecular formula is C12H17N3. The maximum atomic E-state index is 8.95. The Morgan fingerprint density at radius 1 is 1.20 bits per heavy atom. The highest BCUT2D eigenvalue weighted by molar-refractivity contribution is 5.40. The summed E-state index contributed by atoms with van der Waals surface area (Å²) in [6, 6.07) is 2.15. The Balaban J connectivity index is 2.85. The fourth-order valence-electron chi connectivity index (χ4n) is 1.66. The van der Waals surface area contributed by atoms with Crippen molar-refractivity contribution in [2.45, 2.75) is 0 Å². The third-order valence-corrected chi connectivity index (χ3v) is 2.64. The molecule has 3 nitrogen and oxygen atoms in total. The molecular weight excluding hydrogens is 186 g/mol. The second kappa shape index (κ2) is 5.38. The lowest BCUT2D eigenvalue weighted by atomic mass is 10.1. The van der Waals surface area contributed by atoms with Gasteiger partial charge in [-0.05, 0) is 19.2 Å². The summed E-state index contributed by atoms with van der Waals surface area (Å²) in [5, 5.41) is 8.95. The number of rotatable bonds is 3. The van der Waals surface area contributed by atoms with E-state index < -0.39 is 0 Å². The maximum absolute atomic E-state index is 8.95. The molecule has 0 radical (unpaired) electrons. The van der Waals surface area contributed by atoms with E-state index in [1.807, 2.05) is 0 Å². The zero-order valence-corrected chi connectivity index (χ0v) is 9.24. The van der Waals surface area contributed by atoms with Gasteiger partial charge in [0.15, 0.2) is 0 Å². The van der Waals surface area contributed by atoms with Gasteiger partial charge in [0.25, 0.3) is 0 Å². The third-order valence-electron chi connectivity index (χ3n) is 2.64. The molecule has 0 unspecified atom stereocenters. The number of piperazine rings is 1. The van der Waals surface area contributed by atoms with Crippen LogP contribution in [0.2, 0.25) is 0 Å². The molecule has 1 fully saturated rings. The summed E-state index contributed by atoms with van der Waals surface area (Å²) >= 11 is 0. The molecule has 0 atom stereocenters. The highest BCUT2D eigenvalue weighted by Crippen LogP contribution is 2.14. The molecule has 3 heteroatoms. The third kappa shape index (κ3) is 2.71. The average molecular weight is 203 g/mol. The van der Waals surface area contributed by atoms with Crippen molar-refractivity contribution in [3.8, 4) is 6.07 Å². The highest BCUT2D eigenvalue weighted by atomic mass is 15.2. The van der Waals surface area contributed by atoms with Gasteiger partial charge >= 0.3 is 0 Å². The molecule has 1 heterocycles. The van der Waals surface area contributed by atoms with E-state index in [0.717, 1.165) is 31.9 Å². The van der Waals surface area contributed by atoms with Crippen LogP contribution in [0, 0.1) is 11.3 Å². The summed E-state index contributed by atoms with van der Waals surface area (Å²) in [5.41, 5.74) is 1.51. The van der Waals surface area contributed by atoms with Crippen LogP contribution in [0.3, 0.4) is 0 Å². The summed E-state index contributed by atoms with van der Waals surface area (Å²) in [5.74, 6) is 0. The summed E-state index contributed by atoms with van der Waals surface area (Å²) in [6.07, 6.45) is 3.33. The van der Waals surface area contributed by atoms with Gasteiger partial charge in [-0.15, -0.1) is 0 Å². The largest absolute Gasteiger partial charge is 0.368 e. The summed E-state index contributed by atoms with van der Waals surface area (Å²) in [4.78, 5) is 4.46. The molecule has 80 valence electrons. The molecule has 0 aromatic rings. The zero-order valence-electron chi connectivity index (χ0n) is 9.24. The summed E-state index contributed by atoms with van der Waals surface area (Å²) < 4.78 is 0. The lowest BCUT2D eigenvalue weighted by molar-refractivity contribution is 0.190. The van der Waals surface area contributed by atoms with Crippen LogP contribution in [-0.2, 0) is 0 Å². The molecule has 0 saturated carbocycles. The van der Waals surface area contributed by atoms with Crippen molar-refractivity contribution in [3.63, 3.8) is 0 Å². The van der Waals surface area contributed by atoms with Gasteiger partial charge < -0.3 is 9.80 Å². The van der Waals surface area contributed by atoms with Crippen LogP contribution in [-0.4, -0.2) is 43.0 Å². The van der Waals surface area contributed by atoms with E-state index >= 15 is 0 Å². The van der Waals surface area contributed by atoms with Crippen LogP contribution in [0.4, 0.5) is 0 Å². The lowest BCUT2D eigenvalue weighted by Gasteiger charge is -2.34. The van der Waals surface area contributed by atoms with Gasteiger partial charge in [-0.25, -0.2) is 0 Å². The van der Waals surface area contributed by atoms with Gasteiger partial charge in [0.05, 0.1) is 11.3 Å². The van der Waals surface area contributed by atoms with E-state index in [9.17, 15) is 0 Å². The van der Waals surface area contributed by atoms with Crippen LogP contribution in [0.25, 0.3) is 0 Å². The van der Waals surface area contributed by atoms with E-state index in [0.29, 0.717) is 5.57 Å². The molecule has 0 amide bonds. The second-order valence-electron chi connectivity index (χ2n) is 3.61. The smallest absolute Gasteiger partial charge is 0.101 e. The Morgan fingerprint density at radius 2 is 1.80 bits per heavy atom. The van der Waals surface area contributed by atoms with Crippen LogP contribution in [0.15, 0.2) is 36.6 Å². The molecule has 0 aliphatic carbocycles. The standard InChI is InChI=1S/C12H17N3/c1-4-11(10-13)12(5-2)15-8-6-14(3)7-9-15/h4-5H,1-2,6-9H2,3H3/b12-11-. The van der Waals surface area contributed by atoms with Gasteiger partial charge in [0, 0.05) is 26.2 Å². The molecule has 0 aromatic carbocycles. The van der Waals surface area contributed by atoms with Crippen molar-refractivity contribution in [2.24, 2.45) is 0 Å². The normalized spacial score (nSPS) is 19.1. The fourth-order valence-corrected chi connectivity index (χ4v) is 1.66. The summed E-state index contributed by atoms with van der Waals surface area (Å²) in [7, 11) is 2.10. The van der Waals surface area contributed by atoms with Crippen molar-refractivity contribution in [2.75, 3.05) is 33.2 Å². The Kier molecular flexibility index (Phi) is 4.14. The molecule has 0 aromatic heterocycles. The minimum Gasteiger partial charge on any atom is -0.368 e. The SMILES string of the molecule is C=C/C(C#N)=C(\C=C)N1CCN(C)CC1. The van der Waals surface area contributed by atoms with Crippen molar-refractivity contribution in [1.82, 2.24) is 9.80 Å². The molecule has 1 aliphatic heterocycles. The van der Waals surface area contributed by atoms with Crippen LogP contribution >= 0.6 is 0 Å². The average Bonchev–Trinajstić information content (AvgIpc) is 2.27. The Bertz CT molecular complexity index is 314. The van der Waals surface area contributed by atoms with Crippen LogP contribution < -0.4 is 0 Å². The van der Waals surface area contributed by atoms with Gasteiger partial charge in [-0.3, -0.25) is 0 Å². The molecule has 1 aliphatic rings. The maximum Gasteiger partial charge on any atom is 0.101 e. The van der Waals surface area contributed by atoms with Crippen LogP contribution in [0.5, 0.6) is 0 Å². The predicted molar refractivity (Wildman–Crippen MR) is 62.1 cm³/mol. The predicted octanol–water partition coefficient (Wildman–Crippen LogP) is 1.38. The van der Waals surface area contributed by atoms with Crippen molar-refractivity contribution >= 4 is 0 Å². The molecule has 0 spiro atoms. The molecule has 1 saturated heterocycles. The van der Waals surface area contributed by atoms with E-state index in [1.165, 1.54) is 0 Å². The van der Waals surface area contributed by atoms with Gasteiger partial charge in [-0.1, -0.05) is 13.2 Å². The number of hydrogen-bond donors (Lipinski definition) is 0. The van der Waals surface area contributed by atoms with E-state index in [2.05, 4.69) is 36.1 Å². The van der Waals surface area contributed by atoms with Crippen molar-refractivity contribution in [1.29, 1.82) is 5.26 Å². The Hall–Kier alpha value is -1.53. The summed E-state index contributed by atoms with van der Waals surface area (Å²) in [6.45, 7) is 11.3. The number of nitriles is 1. The molecule has 0 bridgehead atoms. The minimum absolute atomic E-state index is 0.606. The quantitative estimate of drug-likeness (QED) is 0.513. The second-order valence-corrected chi connectivity index (χ2v) is 3.61. The topological polar surface area (TPSA) is 30.3 Å². The Labute approximate surface area is 91.6 Å². The van der Waals surface area contributed by atoms with Gasteiger partial charge in [0.1, 0.15) is 6.07 Å². The van der Waals surface area contributed by atoms with Gasteiger partial charge in [-0.2, -0.15) is 5.26 Å². The number of hydrogen-bond acceptors (Lipinski definition) is 3. The van der Waals surface area contributed by atoms with Crippen LogP contribution in [0.1, 0.15) is 0 Å². The first-order chi connectivity index (χ1) is 7.22. The molecule has 0 N–H and O–H groups in total. The van der Waals surface area contributed by atoms with E-state index in [-0.39, 0.29) is 0 Å². The van der Waals surface area contributed by atoms with Crippen molar-refractivity contribution in [3.05, 3.63) is 36.6 Å². The van der Waals surface area contributed by atoms with Gasteiger partial charge in [0.2, 0.25) is 0 Å². The first-order valence-electron chi connectivity index (χ1n) is 5.05. The number of allylic oxidation sites excluding steroid dienone is 3. The van der Waals surface area contributed by atoms with Crippen molar-refractivity contribution < 1.29 is 0 Å². The molecule has 1 rings (SSSR count). The Morgan fingerprint density at radius 3 is 2.20 bits per heavy atom.